The van der Waals surface area contributed by atoms with Crippen molar-refractivity contribution in [3.8, 4) is 17.1 Å². The van der Waals surface area contributed by atoms with Crippen LogP contribution in [0, 0.1) is 11.6 Å². The number of nitrogen functional groups attached to an aromatic ring is 1. The first-order valence-corrected chi connectivity index (χ1v) is 15.5. The normalized spacial score (nSPS) is 27.4. The van der Waals surface area contributed by atoms with E-state index in [0.717, 1.165) is 43.6 Å². The molecule has 0 radical (unpaired) electrons. The molecule has 4 saturated heterocycles. The maximum absolute atomic E-state index is 16.1. The second-order valence-electron chi connectivity index (χ2n) is 12.0. The number of ether oxygens (including phenoxy) is 1. The van der Waals surface area contributed by atoms with Crippen molar-refractivity contribution in [2.75, 3.05) is 43.4 Å². The summed E-state index contributed by atoms with van der Waals surface area (Å²) < 4.78 is 51.5. The number of nitrogens with two attached hydrogens (primary N) is 1. The van der Waals surface area contributed by atoms with Crippen molar-refractivity contribution in [2.45, 2.75) is 55.9 Å². The van der Waals surface area contributed by atoms with Crippen molar-refractivity contribution in [1.82, 2.24) is 25.2 Å². The summed E-state index contributed by atoms with van der Waals surface area (Å²) in [4.78, 5) is 18.1. The molecule has 3 unspecified atom stereocenters. The minimum absolute atomic E-state index is 0.0569. The average molecular weight is 616 g/mol. The van der Waals surface area contributed by atoms with Gasteiger partial charge >= 0.3 is 6.01 Å². The van der Waals surface area contributed by atoms with Crippen LogP contribution in [0.5, 0.6) is 6.01 Å². The fraction of sp³-hybridized carbons (Fsp3) is 0.483. The maximum atomic E-state index is 16.1. The second kappa shape index (κ2) is 9.80. The largest absolute Gasteiger partial charge is 0.461 e. The number of anilines is 2. The number of nitrogens with zero attached hydrogens (tertiary/aromatic N) is 5. The summed E-state index contributed by atoms with van der Waals surface area (Å²) in [5.41, 5.74) is 6.47. The maximum Gasteiger partial charge on any atom is 0.319 e. The van der Waals surface area contributed by atoms with Gasteiger partial charge in [-0.2, -0.15) is 9.97 Å². The van der Waals surface area contributed by atoms with Gasteiger partial charge in [0.2, 0.25) is 0 Å². The highest BCUT2D eigenvalue weighted by molar-refractivity contribution is 7.22. The average Bonchev–Trinajstić information content (AvgIpc) is 3.70. The summed E-state index contributed by atoms with van der Waals surface area (Å²) in [5, 5.41) is 4.31. The topological polar surface area (TPSA) is 92.4 Å². The van der Waals surface area contributed by atoms with Gasteiger partial charge in [-0.05, 0) is 50.4 Å². The van der Waals surface area contributed by atoms with Crippen LogP contribution in [0.1, 0.15) is 32.1 Å². The van der Waals surface area contributed by atoms with Crippen molar-refractivity contribution in [2.24, 2.45) is 0 Å². The molecular formula is C29H29ClF3N7OS. The van der Waals surface area contributed by atoms with Crippen LogP contribution < -0.4 is 20.7 Å². The Bertz CT molecular complexity index is 1730. The lowest BCUT2D eigenvalue weighted by Gasteiger charge is -2.34. The third kappa shape index (κ3) is 4.21. The number of benzene rings is 2. The number of aromatic nitrogens is 3. The van der Waals surface area contributed by atoms with Gasteiger partial charge in [-0.1, -0.05) is 22.9 Å². The minimum Gasteiger partial charge on any atom is -0.461 e. The molecule has 3 N–H and O–H groups in total. The molecule has 2 bridgehead atoms. The number of piperazine rings is 1. The van der Waals surface area contributed by atoms with Crippen LogP contribution in [-0.4, -0.2) is 76.4 Å². The van der Waals surface area contributed by atoms with Crippen molar-refractivity contribution in [3.05, 3.63) is 34.9 Å². The first kappa shape index (κ1) is 26.7. The first-order chi connectivity index (χ1) is 20.3. The molecular weight excluding hydrogens is 587 g/mol. The number of halogens is 4. The Balaban J connectivity index is 1.27. The number of rotatable bonds is 5. The van der Waals surface area contributed by atoms with Gasteiger partial charge in [0.05, 0.1) is 26.3 Å². The summed E-state index contributed by atoms with van der Waals surface area (Å²) in [5.74, 6) is -0.529. The molecule has 6 heterocycles. The number of alkyl halides is 1. The zero-order valence-electron chi connectivity index (χ0n) is 22.7. The zero-order chi connectivity index (χ0) is 28.7. The summed E-state index contributed by atoms with van der Waals surface area (Å²) >= 11 is 7.99. The predicted molar refractivity (Wildman–Crippen MR) is 158 cm³/mol. The predicted octanol–water partition coefficient (Wildman–Crippen LogP) is 5.32. The van der Waals surface area contributed by atoms with Gasteiger partial charge < -0.3 is 20.7 Å². The van der Waals surface area contributed by atoms with Crippen LogP contribution in [0.3, 0.4) is 0 Å². The van der Waals surface area contributed by atoms with Gasteiger partial charge in [0, 0.05) is 54.7 Å². The van der Waals surface area contributed by atoms with Crippen molar-refractivity contribution >= 4 is 55.0 Å². The fourth-order valence-corrected chi connectivity index (χ4v) is 8.62. The quantitative estimate of drug-likeness (QED) is 0.312. The number of fused-ring (bicyclic) bond motifs is 5. The standard InChI is InChI=1S/C29H29ClF3N7OS/c30-22-21(17-4-5-19(32)25-24(17)36-27(34)42-25)20(33)8-18-23(22)37-28(38-26(18)39-11-15-2-3-16(12-39)35-15)41-13-29-6-1-7-40(29)10-14(31)9-29/h4-5,8,14-16,35H,1-3,6-7,9-13H2,(H2,34,36)/t14-,15?,16?,29?/m1/s1. The molecule has 0 aliphatic carbocycles. The lowest BCUT2D eigenvalue weighted by molar-refractivity contribution is 0.107. The van der Waals surface area contributed by atoms with E-state index in [-0.39, 0.29) is 44.1 Å². The third-order valence-electron chi connectivity index (χ3n) is 9.37. The Kier molecular flexibility index (Phi) is 6.22. The van der Waals surface area contributed by atoms with Crippen LogP contribution in [0.2, 0.25) is 5.02 Å². The van der Waals surface area contributed by atoms with Crippen LogP contribution in [0.15, 0.2) is 18.2 Å². The monoisotopic (exact) mass is 615 g/mol. The Morgan fingerprint density at radius 1 is 1.10 bits per heavy atom. The molecule has 4 aromatic rings. The van der Waals surface area contributed by atoms with Gasteiger partial charge in [0.15, 0.2) is 5.13 Å². The summed E-state index contributed by atoms with van der Waals surface area (Å²) in [6.45, 7) is 2.94. The van der Waals surface area contributed by atoms with Crippen LogP contribution in [-0.2, 0) is 0 Å². The molecule has 13 heteroatoms. The SMILES string of the molecule is Nc1nc2c(-c3c(F)cc4c(N5CC6CCC(C5)N6)nc(OCC56CCCN5C[C@H](F)C6)nc4c3Cl)ccc(F)c2s1. The molecule has 4 fully saturated rings. The van der Waals surface area contributed by atoms with Crippen LogP contribution in [0.4, 0.5) is 24.1 Å². The van der Waals surface area contributed by atoms with E-state index >= 15 is 4.39 Å². The molecule has 4 aliphatic heterocycles. The molecule has 2 aromatic heterocycles. The van der Waals surface area contributed by atoms with Gasteiger partial charge in [0.25, 0.3) is 0 Å². The minimum atomic E-state index is -0.884. The molecule has 42 heavy (non-hydrogen) atoms. The molecule has 2 aromatic carbocycles. The summed E-state index contributed by atoms with van der Waals surface area (Å²) in [6.07, 6.45) is 3.50. The highest BCUT2D eigenvalue weighted by atomic mass is 35.5. The van der Waals surface area contributed by atoms with Crippen molar-refractivity contribution in [3.63, 3.8) is 0 Å². The second-order valence-corrected chi connectivity index (χ2v) is 13.4. The summed E-state index contributed by atoms with van der Waals surface area (Å²) in [6, 6.07) is 4.86. The highest BCUT2D eigenvalue weighted by Gasteiger charge is 2.49. The molecule has 0 saturated carbocycles. The summed E-state index contributed by atoms with van der Waals surface area (Å²) in [7, 11) is 0. The molecule has 0 spiro atoms. The lowest BCUT2D eigenvalue weighted by Crippen LogP contribution is -2.51. The van der Waals surface area contributed by atoms with Crippen LogP contribution in [0.25, 0.3) is 32.2 Å². The molecule has 4 atom stereocenters. The van der Waals surface area contributed by atoms with E-state index in [1.54, 1.807) is 0 Å². The highest BCUT2D eigenvalue weighted by Crippen LogP contribution is 2.44. The Morgan fingerprint density at radius 3 is 2.71 bits per heavy atom. The first-order valence-electron chi connectivity index (χ1n) is 14.4. The van der Waals surface area contributed by atoms with Gasteiger partial charge in [-0.3, -0.25) is 4.90 Å². The fourth-order valence-electron chi connectivity index (χ4n) is 7.52. The van der Waals surface area contributed by atoms with Gasteiger partial charge in [-0.25, -0.2) is 18.2 Å². The van der Waals surface area contributed by atoms with E-state index in [9.17, 15) is 8.78 Å². The molecule has 220 valence electrons. The molecule has 8 nitrogen and oxygen atoms in total. The van der Waals surface area contributed by atoms with Crippen molar-refractivity contribution < 1.29 is 17.9 Å². The lowest BCUT2D eigenvalue weighted by atomic mass is 9.95. The van der Waals surface area contributed by atoms with Gasteiger partial charge in [0.1, 0.15) is 30.2 Å². The Morgan fingerprint density at radius 2 is 1.90 bits per heavy atom. The van der Waals surface area contributed by atoms with E-state index in [1.165, 1.54) is 18.2 Å². The Hall–Kier alpha value is -2.93. The number of hydrogen-bond acceptors (Lipinski definition) is 9. The number of nitrogens with one attached hydrogen (secondary N) is 1. The zero-order valence-corrected chi connectivity index (χ0v) is 24.2. The Labute approximate surface area is 249 Å². The van der Waals surface area contributed by atoms with E-state index < -0.39 is 17.8 Å². The van der Waals surface area contributed by atoms with Crippen molar-refractivity contribution in [1.29, 1.82) is 0 Å². The molecule has 4 aliphatic rings. The van der Waals surface area contributed by atoms with E-state index in [2.05, 4.69) is 20.1 Å². The number of hydrogen-bond donors (Lipinski definition) is 2. The van der Waals surface area contributed by atoms with E-state index in [0.29, 0.717) is 60.4 Å². The molecule has 0 amide bonds. The van der Waals surface area contributed by atoms with Gasteiger partial charge in [-0.15, -0.1) is 0 Å². The third-order valence-corrected chi connectivity index (χ3v) is 10.6. The van der Waals surface area contributed by atoms with Crippen LogP contribution >= 0.6 is 22.9 Å². The van der Waals surface area contributed by atoms with E-state index in [4.69, 9.17) is 32.0 Å². The smallest absolute Gasteiger partial charge is 0.319 e. The van der Waals surface area contributed by atoms with E-state index in [1.807, 2.05) is 0 Å². The number of thiazole rings is 1. The molecule has 8 rings (SSSR count).